The molecule has 74 valence electrons. The summed E-state index contributed by atoms with van der Waals surface area (Å²) in [6.45, 7) is 14.0. The summed E-state index contributed by atoms with van der Waals surface area (Å²) in [6.07, 6.45) is 5.18. The summed E-state index contributed by atoms with van der Waals surface area (Å²) in [7, 11) is 0. The van der Waals surface area contributed by atoms with Crippen molar-refractivity contribution in [2.45, 2.75) is 27.2 Å². The first-order chi connectivity index (χ1) is 6.04. The zero-order valence-corrected chi connectivity index (χ0v) is 9.56. The zero-order valence-electron chi connectivity index (χ0n) is 8.81. The number of rotatable bonds is 5. The van der Waals surface area contributed by atoms with Gasteiger partial charge in [-0.2, -0.15) is 0 Å². The molecule has 0 N–H and O–H groups in total. The van der Waals surface area contributed by atoms with Gasteiger partial charge in [0.2, 0.25) is 0 Å². The highest BCUT2D eigenvalue weighted by atomic mass is 35.5. The first-order valence-corrected chi connectivity index (χ1v) is 5.07. The third-order valence-electron chi connectivity index (χ3n) is 2.36. The zero-order chi connectivity index (χ0) is 10.4. The van der Waals surface area contributed by atoms with Crippen molar-refractivity contribution in [2.24, 2.45) is 11.8 Å². The van der Waals surface area contributed by atoms with Crippen molar-refractivity contribution in [1.82, 2.24) is 0 Å². The average molecular weight is 199 g/mol. The Hall–Kier alpha value is -0.490. The summed E-state index contributed by atoms with van der Waals surface area (Å²) in [4.78, 5) is 0. The van der Waals surface area contributed by atoms with Crippen molar-refractivity contribution in [3.63, 3.8) is 0 Å². The lowest BCUT2D eigenvalue weighted by Crippen LogP contribution is -2.11. The van der Waals surface area contributed by atoms with Gasteiger partial charge in [0, 0.05) is 16.9 Å². The molecule has 0 rings (SSSR count). The summed E-state index contributed by atoms with van der Waals surface area (Å²) in [5.74, 6) is 0.602. The molecule has 0 aromatic carbocycles. The van der Waals surface area contributed by atoms with Crippen LogP contribution < -0.4 is 0 Å². The van der Waals surface area contributed by atoms with Gasteiger partial charge < -0.3 is 0 Å². The molecule has 0 nitrogen and oxygen atoms in total. The highest BCUT2D eigenvalue weighted by Crippen LogP contribution is 2.29. The molecule has 0 saturated heterocycles. The smallest absolute Gasteiger partial charge is 0.0146 e. The second kappa shape index (κ2) is 6.04. The van der Waals surface area contributed by atoms with E-state index in [9.17, 15) is 0 Å². The van der Waals surface area contributed by atoms with E-state index in [-0.39, 0.29) is 5.92 Å². The Morgan fingerprint density at radius 1 is 1.46 bits per heavy atom. The minimum atomic E-state index is 0.269. The fraction of sp³-hybridized carbons (Fsp3) is 0.500. The molecular formula is C12H19Cl. The normalized spacial score (nSPS) is 15.7. The topological polar surface area (TPSA) is 0 Å². The second-order valence-electron chi connectivity index (χ2n) is 3.30. The Balaban J connectivity index is 4.59. The van der Waals surface area contributed by atoms with Gasteiger partial charge in [0.05, 0.1) is 0 Å². The van der Waals surface area contributed by atoms with Crippen LogP contribution in [0.25, 0.3) is 0 Å². The molecule has 2 unspecified atom stereocenters. The van der Waals surface area contributed by atoms with Gasteiger partial charge in [0.1, 0.15) is 0 Å². The van der Waals surface area contributed by atoms with Crippen molar-refractivity contribution >= 4 is 11.6 Å². The Morgan fingerprint density at radius 2 is 2.00 bits per heavy atom. The molecule has 0 heterocycles. The van der Waals surface area contributed by atoms with Crippen LogP contribution in [0.2, 0.25) is 0 Å². The Labute approximate surface area is 87.0 Å². The molecule has 0 spiro atoms. The van der Waals surface area contributed by atoms with Crippen molar-refractivity contribution in [3.05, 3.63) is 35.9 Å². The molecule has 2 atom stereocenters. The van der Waals surface area contributed by atoms with Crippen LogP contribution >= 0.6 is 11.6 Å². The van der Waals surface area contributed by atoms with E-state index in [1.807, 2.05) is 13.0 Å². The van der Waals surface area contributed by atoms with Crippen LogP contribution in [0.4, 0.5) is 0 Å². The van der Waals surface area contributed by atoms with Crippen LogP contribution in [0.1, 0.15) is 27.2 Å². The third kappa shape index (κ3) is 3.82. The largest absolute Gasteiger partial charge is 0.0993 e. The standard InChI is InChI=1S/C12H19Cl/c1-6-8-12(9(3)7-2)10(4)11(5)13/h6,8,10,12H,3,5,7H2,1-2,4H3/b8-6-. The number of hydrogen-bond acceptors (Lipinski definition) is 0. The van der Waals surface area contributed by atoms with Crippen LogP contribution in [0.15, 0.2) is 35.9 Å². The second-order valence-corrected chi connectivity index (χ2v) is 3.78. The highest BCUT2D eigenvalue weighted by molar-refractivity contribution is 6.29. The van der Waals surface area contributed by atoms with Crippen molar-refractivity contribution in [3.8, 4) is 0 Å². The van der Waals surface area contributed by atoms with Gasteiger partial charge in [-0.25, -0.2) is 0 Å². The summed E-state index contributed by atoms with van der Waals surface area (Å²) >= 11 is 5.89. The van der Waals surface area contributed by atoms with Crippen LogP contribution in [0.5, 0.6) is 0 Å². The molecule has 0 amide bonds. The molecule has 0 radical (unpaired) electrons. The predicted octanol–water partition coefficient (Wildman–Crippen LogP) is 4.53. The molecule has 0 aliphatic rings. The fourth-order valence-corrected chi connectivity index (χ4v) is 1.43. The lowest BCUT2D eigenvalue weighted by Gasteiger charge is -2.21. The third-order valence-corrected chi connectivity index (χ3v) is 2.70. The molecule has 0 saturated carbocycles. The van der Waals surface area contributed by atoms with Gasteiger partial charge in [0.15, 0.2) is 0 Å². The van der Waals surface area contributed by atoms with Gasteiger partial charge in [-0.05, 0) is 13.3 Å². The van der Waals surface area contributed by atoms with Gasteiger partial charge in [-0.3, -0.25) is 0 Å². The first kappa shape index (κ1) is 12.5. The molecule has 0 bridgehead atoms. The van der Waals surface area contributed by atoms with Gasteiger partial charge in [0.25, 0.3) is 0 Å². The molecule has 0 aliphatic carbocycles. The van der Waals surface area contributed by atoms with Crippen LogP contribution in [0, 0.1) is 11.8 Å². The monoisotopic (exact) mass is 198 g/mol. The number of hydrogen-bond donors (Lipinski definition) is 0. The van der Waals surface area contributed by atoms with E-state index in [2.05, 4.69) is 33.1 Å². The minimum Gasteiger partial charge on any atom is -0.0993 e. The maximum atomic E-state index is 5.89. The van der Waals surface area contributed by atoms with E-state index < -0.39 is 0 Å². The Bertz CT molecular complexity index is 213. The summed E-state index contributed by atoms with van der Waals surface area (Å²) in [5.41, 5.74) is 1.22. The first-order valence-electron chi connectivity index (χ1n) is 4.69. The number of allylic oxidation sites excluding steroid dienone is 4. The van der Waals surface area contributed by atoms with E-state index in [4.69, 9.17) is 11.6 Å². The van der Waals surface area contributed by atoms with Crippen LogP contribution in [-0.2, 0) is 0 Å². The van der Waals surface area contributed by atoms with E-state index in [0.717, 1.165) is 6.42 Å². The summed E-state index contributed by atoms with van der Waals surface area (Å²) in [5, 5.41) is 0.706. The SMILES string of the molecule is C=C(Cl)C(C)C(/C=C\C)C(=C)CC. The van der Waals surface area contributed by atoms with Crippen molar-refractivity contribution in [1.29, 1.82) is 0 Å². The fourth-order valence-electron chi connectivity index (χ4n) is 1.29. The highest BCUT2D eigenvalue weighted by Gasteiger charge is 2.17. The maximum Gasteiger partial charge on any atom is 0.0146 e. The van der Waals surface area contributed by atoms with E-state index >= 15 is 0 Å². The summed E-state index contributed by atoms with van der Waals surface area (Å²) in [6, 6.07) is 0. The number of halogens is 1. The van der Waals surface area contributed by atoms with Crippen molar-refractivity contribution in [2.75, 3.05) is 0 Å². The van der Waals surface area contributed by atoms with Crippen LogP contribution in [0.3, 0.4) is 0 Å². The Morgan fingerprint density at radius 3 is 2.31 bits per heavy atom. The average Bonchev–Trinajstić information content (AvgIpc) is 2.11. The van der Waals surface area contributed by atoms with Gasteiger partial charge in [-0.1, -0.05) is 56.3 Å². The quantitative estimate of drug-likeness (QED) is 0.570. The van der Waals surface area contributed by atoms with Crippen molar-refractivity contribution < 1.29 is 0 Å². The molecule has 1 heteroatoms. The summed E-state index contributed by atoms with van der Waals surface area (Å²) < 4.78 is 0. The van der Waals surface area contributed by atoms with E-state index in [0.29, 0.717) is 11.0 Å². The maximum absolute atomic E-state index is 5.89. The molecule has 0 aliphatic heterocycles. The molecule has 0 fully saturated rings. The minimum absolute atomic E-state index is 0.269. The van der Waals surface area contributed by atoms with Gasteiger partial charge >= 0.3 is 0 Å². The van der Waals surface area contributed by atoms with E-state index in [1.54, 1.807) is 0 Å². The van der Waals surface area contributed by atoms with Crippen LogP contribution in [-0.4, -0.2) is 0 Å². The van der Waals surface area contributed by atoms with E-state index in [1.165, 1.54) is 5.57 Å². The Kier molecular flexibility index (Phi) is 5.81. The van der Waals surface area contributed by atoms with Gasteiger partial charge in [-0.15, -0.1) is 0 Å². The lowest BCUT2D eigenvalue weighted by atomic mass is 9.86. The lowest BCUT2D eigenvalue weighted by molar-refractivity contribution is 0.562. The molecule has 0 aromatic heterocycles. The molecule has 13 heavy (non-hydrogen) atoms. The molecular weight excluding hydrogens is 180 g/mol. The predicted molar refractivity (Wildman–Crippen MR) is 61.9 cm³/mol. The molecule has 0 aromatic rings.